The predicted octanol–water partition coefficient (Wildman–Crippen LogP) is 1.39. The van der Waals surface area contributed by atoms with Crippen LogP contribution in [0.15, 0.2) is 46.2 Å². The van der Waals surface area contributed by atoms with Crippen LogP contribution in [0.5, 0.6) is 11.5 Å². The lowest BCUT2D eigenvalue weighted by molar-refractivity contribution is -0.116. The van der Waals surface area contributed by atoms with Crippen molar-refractivity contribution in [2.45, 2.75) is 30.7 Å². The van der Waals surface area contributed by atoms with Crippen molar-refractivity contribution in [1.29, 1.82) is 0 Å². The molecule has 4 rings (SSSR count). The number of nitrogens with one attached hydrogen (secondary N) is 1. The molecule has 2 aromatic rings. The summed E-state index contributed by atoms with van der Waals surface area (Å²) in [5, 5.41) is 2.67. The molecule has 0 bridgehead atoms. The second-order valence-electron chi connectivity index (χ2n) is 6.91. The smallest absolute Gasteiger partial charge is 0.251 e. The van der Waals surface area contributed by atoms with Gasteiger partial charge in [-0.1, -0.05) is 6.42 Å². The number of carbonyl (C=O) groups is 1. The molecule has 0 atom stereocenters. The van der Waals surface area contributed by atoms with E-state index in [9.17, 15) is 18.0 Å². The zero-order valence-corrected chi connectivity index (χ0v) is 16.5. The van der Waals surface area contributed by atoms with E-state index < -0.39 is 21.5 Å². The first-order valence-corrected chi connectivity index (χ1v) is 10.8. The average molecular weight is 419 g/mol. The van der Waals surface area contributed by atoms with E-state index in [1.165, 1.54) is 22.6 Å². The molecule has 2 aliphatic heterocycles. The van der Waals surface area contributed by atoms with Gasteiger partial charge >= 0.3 is 0 Å². The van der Waals surface area contributed by atoms with Gasteiger partial charge in [0.25, 0.3) is 5.56 Å². The predicted molar refractivity (Wildman–Crippen MR) is 105 cm³/mol. The number of carbonyl (C=O) groups excluding carboxylic acids is 1. The minimum Gasteiger partial charge on any atom is -0.454 e. The molecule has 1 fully saturated rings. The molecule has 29 heavy (non-hydrogen) atoms. The first-order chi connectivity index (χ1) is 13.9. The quantitative estimate of drug-likeness (QED) is 0.785. The summed E-state index contributed by atoms with van der Waals surface area (Å²) in [5.74, 6) is 0.655. The molecule has 1 aromatic heterocycles. The molecule has 154 valence electrons. The molecule has 1 aromatic carbocycles. The molecular formula is C19H21N3O6S. The Bertz CT molecular complexity index is 1090. The summed E-state index contributed by atoms with van der Waals surface area (Å²) < 4.78 is 38.7. The van der Waals surface area contributed by atoms with Crippen molar-refractivity contribution in [3.63, 3.8) is 0 Å². The highest BCUT2D eigenvalue weighted by molar-refractivity contribution is 7.89. The number of benzene rings is 1. The number of amides is 1. The van der Waals surface area contributed by atoms with Crippen molar-refractivity contribution in [1.82, 2.24) is 8.87 Å². The number of ether oxygens (including phenoxy) is 2. The van der Waals surface area contributed by atoms with Gasteiger partial charge in [-0.05, 0) is 31.0 Å². The largest absolute Gasteiger partial charge is 0.454 e. The average Bonchev–Trinajstić information content (AvgIpc) is 3.18. The Hall–Kier alpha value is -2.85. The Morgan fingerprint density at radius 1 is 1.03 bits per heavy atom. The fraction of sp³-hybridized carbons (Fsp3) is 0.368. The van der Waals surface area contributed by atoms with Crippen LogP contribution in [-0.2, 0) is 21.4 Å². The fourth-order valence-corrected chi connectivity index (χ4v) is 4.91. The Balaban J connectivity index is 1.50. The lowest BCUT2D eigenvalue weighted by atomic mass is 10.2. The number of sulfonamides is 1. The normalized spacial score (nSPS) is 16.6. The van der Waals surface area contributed by atoms with E-state index >= 15 is 0 Å². The van der Waals surface area contributed by atoms with Crippen LogP contribution < -0.4 is 20.3 Å². The van der Waals surface area contributed by atoms with Gasteiger partial charge in [-0.2, -0.15) is 4.31 Å². The Morgan fingerprint density at radius 2 is 1.79 bits per heavy atom. The summed E-state index contributed by atoms with van der Waals surface area (Å²) in [6.07, 6.45) is 3.87. The van der Waals surface area contributed by atoms with E-state index in [1.54, 1.807) is 18.2 Å². The highest BCUT2D eigenvalue weighted by Crippen LogP contribution is 2.34. The molecule has 0 saturated carbocycles. The van der Waals surface area contributed by atoms with Crippen molar-refractivity contribution >= 4 is 21.6 Å². The minimum atomic E-state index is -3.69. The zero-order valence-electron chi connectivity index (χ0n) is 15.7. The van der Waals surface area contributed by atoms with Crippen molar-refractivity contribution in [3.05, 3.63) is 46.9 Å². The number of piperidine rings is 1. The third kappa shape index (κ3) is 4.13. The SMILES string of the molecule is O=C(Cn1cc(S(=O)(=O)N2CCCCC2)ccc1=O)Nc1ccc2c(c1)OCO2. The zero-order chi connectivity index (χ0) is 20.4. The van der Waals surface area contributed by atoms with Crippen molar-refractivity contribution in [3.8, 4) is 11.5 Å². The Morgan fingerprint density at radius 3 is 2.59 bits per heavy atom. The summed E-state index contributed by atoms with van der Waals surface area (Å²) in [6, 6.07) is 7.42. The third-order valence-electron chi connectivity index (χ3n) is 4.88. The standard InChI is InChI=1S/C19H21N3O6S/c23-18(20-14-4-6-16-17(10-14)28-13-27-16)12-21-11-15(5-7-19(21)24)29(25,26)22-8-2-1-3-9-22/h4-7,10-11H,1-3,8-9,12-13H2,(H,20,23). The van der Waals surface area contributed by atoms with Gasteiger partial charge in [-0.15, -0.1) is 0 Å². The van der Waals surface area contributed by atoms with Gasteiger partial charge in [0.1, 0.15) is 6.54 Å². The summed E-state index contributed by atoms with van der Waals surface area (Å²) >= 11 is 0. The molecule has 0 aliphatic carbocycles. The van der Waals surface area contributed by atoms with E-state index in [1.807, 2.05) is 0 Å². The maximum absolute atomic E-state index is 12.8. The molecule has 0 radical (unpaired) electrons. The van der Waals surface area contributed by atoms with Crippen LogP contribution in [0.2, 0.25) is 0 Å². The molecule has 10 heteroatoms. The summed E-state index contributed by atoms with van der Waals surface area (Å²) in [4.78, 5) is 24.6. The number of anilines is 1. The van der Waals surface area contributed by atoms with Gasteiger partial charge in [-0.3, -0.25) is 9.59 Å². The van der Waals surface area contributed by atoms with Crippen molar-refractivity contribution < 1.29 is 22.7 Å². The minimum absolute atomic E-state index is 0.00915. The second kappa shape index (κ2) is 7.88. The maximum atomic E-state index is 12.8. The van der Waals surface area contributed by atoms with Crippen LogP contribution in [0.4, 0.5) is 5.69 Å². The van der Waals surface area contributed by atoms with E-state index in [0.29, 0.717) is 30.3 Å². The second-order valence-corrected chi connectivity index (χ2v) is 8.85. The number of pyridine rings is 1. The monoisotopic (exact) mass is 419 g/mol. The van der Waals surface area contributed by atoms with Gasteiger partial charge in [0.2, 0.25) is 22.7 Å². The van der Waals surface area contributed by atoms with Gasteiger partial charge in [-0.25, -0.2) is 8.42 Å². The van der Waals surface area contributed by atoms with Gasteiger partial charge in [0.15, 0.2) is 11.5 Å². The summed E-state index contributed by atoms with van der Waals surface area (Å²) in [5.41, 5.74) is 0.0350. The maximum Gasteiger partial charge on any atom is 0.251 e. The highest BCUT2D eigenvalue weighted by Gasteiger charge is 2.26. The summed E-state index contributed by atoms with van der Waals surface area (Å²) in [7, 11) is -3.69. The van der Waals surface area contributed by atoms with Crippen LogP contribution >= 0.6 is 0 Å². The van der Waals surface area contributed by atoms with Crippen LogP contribution in [0.1, 0.15) is 19.3 Å². The molecule has 3 heterocycles. The molecule has 0 unspecified atom stereocenters. The third-order valence-corrected chi connectivity index (χ3v) is 6.76. The summed E-state index contributed by atoms with van der Waals surface area (Å²) in [6.45, 7) is 0.745. The topological polar surface area (TPSA) is 107 Å². The molecule has 0 spiro atoms. The van der Waals surface area contributed by atoms with E-state index in [0.717, 1.165) is 23.8 Å². The number of hydrogen-bond acceptors (Lipinski definition) is 6. The van der Waals surface area contributed by atoms with Crippen molar-refractivity contribution in [2.24, 2.45) is 0 Å². The van der Waals surface area contributed by atoms with E-state index in [2.05, 4.69) is 5.32 Å². The molecule has 1 N–H and O–H groups in total. The Labute approximate surface area is 167 Å². The van der Waals surface area contributed by atoms with Gasteiger partial charge in [0.05, 0.1) is 4.90 Å². The molecule has 9 nitrogen and oxygen atoms in total. The first-order valence-electron chi connectivity index (χ1n) is 9.34. The van der Waals surface area contributed by atoms with Gasteiger partial charge < -0.3 is 19.4 Å². The van der Waals surface area contributed by atoms with Crippen LogP contribution in [-0.4, -0.2) is 43.1 Å². The molecule has 1 saturated heterocycles. The number of hydrogen-bond donors (Lipinski definition) is 1. The van der Waals surface area contributed by atoms with Crippen LogP contribution in [0, 0.1) is 0 Å². The van der Waals surface area contributed by atoms with Crippen LogP contribution in [0.3, 0.4) is 0 Å². The number of rotatable bonds is 5. The lowest BCUT2D eigenvalue weighted by Crippen LogP contribution is -2.36. The first kappa shape index (κ1) is 19.5. The lowest BCUT2D eigenvalue weighted by Gasteiger charge is -2.26. The Kier molecular flexibility index (Phi) is 5.29. The van der Waals surface area contributed by atoms with Crippen molar-refractivity contribution in [2.75, 3.05) is 25.2 Å². The molecule has 2 aliphatic rings. The number of fused-ring (bicyclic) bond motifs is 1. The van der Waals surface area contributed by atoms with Crippen LogP contribution in [0.25, 0.3) is 0 Å². The molecular weight excluding hydrogens is 398 g/mol. The van der Waals surface area contributed by atoms with E-state index in [4.69, 9.17) is 9.47 Å². The number of nitrogens with zero attached hydrogens (tertiary/aromatic N) is 2. The fourth-order valence-electron chi connectivity index (χ4n) is 3.37. The number of aromatic nitrogens is 1. The molecule has 1 amide bonds. The highest BCUT2D eigenvalue weighted by atomic mass is 32.2. The van der Waals surface area contributed by atoms with E-state index in [-0.39, 0.29) is 18.2 Å². The van der Waals surface area contributed by atoms with Gasteiger partial charge in [0, 0.05) is 37.1 Å².